The summed E-state index contributed by atoms with van der Waals surface area (Å²) in [6.07, 6.45) is 0.0380. The number of carbonyl (C=O) groups excluding carboxylic acids is 2. The summed E-state index contributed by atoms with van der Waals surface area (Å²) in [5.74, 6) is -1.56. The number of halogens is 1. The van der Waals surface area contributed by atoms with E-state index in [4.69, 9.17) is 11.6 Å². The van der Waals surface area contributed by atoms with Crippen LogP contribution >= 0.6 is 11.6 Å². The molecule has 1 unspecified atom stereocenters. The van der Waals surface area contributed by atoms with Crippen molar-refractivity contribution in [2.45, 2.75) is 37.3 Å². The van der Waals surface area contributed by atoms with Crippen LogP contribution in [0.3, 0.4) is 0 Å². The van der Waals surface area contributed by atoms with Gasteiger partial charge in [-0.15, -0.1) is 0 Å². The first kappa shape index (κ1) is 25.3. The minimum atomic E-state index is -3.95. The molecule has 7 nitrogen and oxygen atoms in total. The van der Waals surface area contributed by atoms with Gasteiger partial charge in [-0.1, -0.05) is 48.4 Å². The highest BCUT2D eigenvalue weighted by atomic mass is 35.5. The van der Waals surface area contributed by atoms with Gasteiger partial charge in [0.05, 0.1) is 21.3 Å². The number of aryl methyl sites for hydroxylation is 2. The number of rotatable bonds is 7. The SMILES string of the molecule is CCC(C(=O)Nc1cc(O)c(NC(=O)c2cccc(C)c2)cc1Cl)S(=O)(=O)c1cccc(C)c1. The van der Waals surface area contributed by atoms with E-state index < -0.39 is 26.9 Å². The highest BCUT2D eigenvalue weighted by Gasteiger charge is 2.33. The Labute approximate surface area is 203 Å². The van der Waals surface area contributed by atoms with E-state index in [1.165, 1.54) is 18.2 Å². The maximum Gasteiger partial charge on any atom is 0.255 e. The normalized spacial score (nSPS) is 12.1. The van der Waals surface area contributed by atoms with E-state index in [9.17, 15) is 23.1 Å². The minimum Gasteiger partial charge on any atom is -0.506 e. The fraction of sp³-hybridized carbons (Fsp3) is 0.200. The Morgan fingerprint density at radius 3 is 2.21 bits per heavy atom. The van der Waals surface area contributed by atoms with Crippen molar-refractivity contribution in [1.29, 1.82) is 0 Å². The molecule has 0 aromatic heterocycles. The summed E-state index contributed by atoms with van der Waals surface area (Å²) in [5, 5.41) is 14.1. The molecule has 0 spiro atoms. The lowest BCUT2D eigenvalue weighted by Crippen LogP contribution is -2.34. The maximum atomic E-state index is 13.0. The van der Waals surface area contributed by atoms with Gasteiger partial charge in [0, 0.05) is 11.6 Å². The number of sulfone groups is 1. The fourth-order valence-electron chi connectivity index (χ4n) is 3.45. The van der Waals surface area contributed by atoms with E-state index in [1.54, 1.807) is 44.2 Å². The van der Waals surface area contributed by atoms with Crippen LogP contribution in [-0.2, 0) is 14.6 Å². The van der Waals surface area contributed by atoms with Gasteiger partial charge in [-0.2, -0.15) is 0 Å². The van der Waals surface area contributed by atoms with Crippen LogP contribution in [0.1, 0.15) is 34.8 Å². The Morgan fingerprint density at radius 1 is 0.941 bits per heavy atom. The van der Waals surface area contributed by atoms with Gasteiger partial charge in [0.15, 0.2) is 9.84 Å². The second-order valence-electron chi connectivity index (χ2n) is 7.92. The summed E-state index contributed by atoms with van der Waals surface area (Å²) >= 11 is 6.27. The predicted molar refractivity (Wildman–Crippen MR) is 133 cm³/mol. The van der Waals surface area contributed by atoms with Crippen molar-refractivity contribution >= 4 is 44.6 Å². The zero-order valence-electron chi connectivity index (χ0n) is 18.9. The molecule has 9 heteroatoms. The molecule has 0 heterocycles. The van der Waals surface area contributed by atoms with Crippen LogP contribution in [0.5, 0.6) is 5.75 Å². The average molecular weight is 501 g/mol. The molecule has 178 valence electrons. The van der Waals surface area contributed by atoms with Crippen molar-refractivity contribution in [3.8, 4) is 5.75 Å². The van der Waals surface area contributed by atoms with Crippen LogP contribution < -0.4 is 10.6 Å². The molecular weight excluding hydrogens is 476 g/mol. The Morgan fingerprint density at radius 2 is 1.59 bits per heavy atom. The third-order valence-electron chi connectivity index (χ3n) is 5.23. The second kappa shape index (κ2) is 10.3. The van der Waals surface area contributed by atoms with Gasteiger partial charge in [-0.05, 0) is 56.2 Å². The maximum absolute atomic E-state index is 13.0. The first-order valence-electron chi connectivity index (χ1n) is 10.5. The number of phenols is 1. The summed E-state index contributed by atoms with van der Waals surface area (Å²) in [6, 6.07) is 15.7. The lowest BCUT2D eigenvalue weighted by Gasteiger charge is -2.18. The number of hydrogen-bond acceptors (Lipinski definition) is 5. The number of aromatic hydroxyl groups is 1. The van der Waals surface area contributed by atoms with Crippen LogP contribution in [0.25, 0.3) is 0 Å². The minimum absolute atomic E-state index is 0.0218. The van der Waals surface area contributed by atoms with Crippen LogP contribution in [-0.4, -0.2) is 30.6 Å². The predicted octanol–water partition coefficient (Wildman–Crippen LogP) is 5.11. The Balaban J connectivity index is 1.81. The Hall–Kier alpha value is -3.36. The zero-order chi connectivity index (χ0) is 25.0. The van der Waals surface area contributed by atoms with Gasteiger partial charge in [-0.25, -0.2) is 8.42 Å². The molecule has 0 aliphatic heterocycles. The van der Waals surface area contributed by atoms with Gasteiger partial charge >= 0.3 is 0 Å². The van der Waals surface area contributed by atoms with Gasteiger partial charge < -0.3 is 15.7 Å². The third kappa shape index (κ3) is 5.58. The standard InChI is InChI=1S/C25H25ClN2O5S/c1-4-23(34(32,33)18-10-6-8-16(3)12-18)25(31)27-20-14-22(29)21(13-19(20)26)28-24(30)17-9-5-7-15(2)11-17/h5-14,23,29H,4H2,1-3H3,(H,27,31)(H,28,30). The molecule has 0 fully saturated rings. The van der Waals surface area contributed by atoms with Crippen molar-refractivity contribution in [2.24, 2.45) is 0 Å². The molecule has 3 aromatic carbocycles. The summed E-state index contributed by atoms with van der Waals surface area (Å²) in [7, 11) is -3.95. The monoisotopic (exact) mass is 500 g/mol. The molecule has 3 rings (SSSR count). The molecule has 3 N–H and O–H groups in total. The van der Waals surface area contributed by atoms with Crippen LogP contribution in [0.4, 0.5) is 11.4 Å². The fourth-order valence-corrected chi connectivity index (χ4v) is 5.39. The lowest BCUT2D eigenvalue weighted by atomic mass is 10.1. The molecule has 1 atom stereocenters. The summed E-state index contributed by atoms with van der Waals surface area (Å²) < 4.78 is 26.1. The van der Waals surface area contributed by atoms with E-state index >= 15 is 0 Å². The summed E-state index contributed by atoms with van der Waals surface area (Å²) in [5.41, 5.74) is 2.14. The second-order valence-corrected chi connectivity index (χ2v) is 10.5. The molecule has 0 aliphatic rings. The lowest BCUT2D eigenvalue weighted by molar-refractivity contribution is -0.115. The van der Waals surface area contributed by atoms with Gasteiger partial charge in [0.1, 0.15) is 11.0 Å². The summed E-state index contributed by atoms with van der Waals surface area (Å²) in [6.45, 7) is 5.22. The smallest absolute Gasteiger partial charge is 0.255 e. The number of anilines is 2. The number of benzene rings is 3. The average Bonchev–Trinajstić information content (AvgIpc) is 2.77. The molecule has 34 heavy (non-hydrogen) atoms. The highest BCUT2D eigenvalue weighted by Crippen LogP contribution is 2.34. The van der Waals surface area contributed by atoms with Gasteiger partial charge in [-0.3, -0.25) is 9.59 Å². The third-order valence-corrected chi connectivity index (χ3v) is 7.75. The molecular formula is C25H25ClN2O5S. The molecule has 0 saturated heterocycles. The van der Waals surface area contributed by atoms with E-state index in [0.29, 0.717) is 5.56 Å². The molecule has 2 amide bonds. The van der Waals surface area contributed by atoms with Crippen LogP contribution in [0, 0.1) is 13.8 Å². The van der Waals surface area contributed by atoms with Crippen molar-refractivity contribution in [2.75, 3.05) is 10.6 Å². The van der Waals surface area contributed by atoms with E-state index in [2.05, 4.69) is 10.6 Å². The number of nitrogens with one attached hydrogen (secondary N) is 2. The summed E-state index contributed by atoms with van der Waals surface area (Å²) in [4.78, 5) is 25.4. The van der Waals surface area contributed by atoms with Crippen LogP contribution in [0.15, 0.2) is 65.6 Å². The topological polar surface area (TPSA) is 113 Å². The Kier molecular flexibility index (Phi) is 7.64. The highest BCUT2D eigenvalue weighted by molar-refractivity contribution is 7.92. The molecule has 0 radical (unpaired) electrons. The van der Waals surface area contributed by atoms with Crippen molar-refractivity contribution in [1.82, 2.24) is 0 Å². The zero-order valence-corrected chi connectivity index (χ0v) is 20.5. The first-order chi connectivity index (χ1) is 16.0. The van der Waals surface area contributed by atoms with Gasteiger partial charge in [0.2, 0.25) is 5.91 Å². The van der Waals surface area contributed by atoms with Crippen molar-refractivity contribution < 1.29 is 23.1 Å². The number of hydrogen-bond donors (Lipinski definition) is 3. The van der Waals surface area contributed by atoms with E-state index in [0.717, 1.165) is 17.2 Å². The number of carbonyl (C=O) groups is 2. The first-order valence-corrected chi connectivity index (χ1v) is 12.5. The molecule has 0 aliphatic carbocycles. The molecule has 0 saturated carbocycles. The van der Waals surface area contributed by atoms with Gasteiger partial charge in [0.25, 0.3) is 5.91 Å². The van der Waals surface area contributed by atoms with Crippen LogP contribution in [0.2, 0.25) is 5.02 Å². The Bertz CT molecular complexity index is 1360. The van der Waals surface area contributed by atoms with E-state index in [1.807, 2.05) is 13.0 Å². The van der Waals surface area contributed by atoms with E-state index in [-0.39, 0.29) is 33.5 Å². The molecule has 0 bridgehead atoms. The number of amides is 2. The largest absolute Gasteiger partial charge is 0.506 e. The number of phenolic OH excluding ortho intramolecular Hbond substituents is 1. The van der Waals surface area contributed by atoms with Crippen molar-refractivity contribution in [3.05, 3.63) is 82.4 Å². The van der Waals surface area contributed by atoms with Crippen molar-refractivity contribution in [3.63, 3.8) is 0 Å². The quantitative estimate of drug-likeness (QED) is 0.390. The molecule has 3 aromatic rings.